The van der Waals surface area contributed by atoms with E-state index >= 15 is 0 Å². The largest absolute Gasteiger partial charge is 0.475 e. The number of pyridine rings is 1. The molecule has 2 aliphatic heterocycles. The highest BCUT2D eigenvalue weighted by Crippen LogP contribution is 2.28. The highest BCUT2D eigenvalue weighted by Gasteiger charge is 2.35. The summed E-state index contributed by atoms with van der Waals surface area (Å²) in [5.74, 6) is 0.530. The third kappa shape index (κ3) is 4.91. The quantitative estimate of drug-likeness (QED) is 0.734. The topological polar surface area (TPSA) is 70.1 Å². The van der Waals surface area contributed by atoms with Gasteiger partial charge in [0.15, 0.2) is 6.29 Å². The van der Waals surface area contributed by atoms with E-state index in [1.807, 2.05) is 63.2 Å². The Balaban J connectivity index is 1.38. The highest BCUT2D eigenvalue weighted by atomic mass is 16.7. The van der Waals surface area contributed by atoms with Crippen LogP contribution in [0.25, 0.3) is 11.3 Å². The number of benzene rings is 1. The minimum absolute atomic E-state index is 0.00491. The summed E-state index contributed by atoms with van der Waals surface area (Å²) in [4.78, 5) is 18.6. The molecule has 0 unspecified atom stereocenters. The molecule has 0 saturated carbocycles. The molecule has 7 heteroatoms. The molecule has 2 fully saturated rings. The first-order valence-corrected chi connectivity index (χ1v) is 10.3. The van der Waals surface area contributed by atoms with Crippen LogP contribution < -0.4 is 4.74 Å². The van der Waals surface area contributed by atoms with Crippen LogP contribution in [0.5, 0.6) is 5.88 Å². The molecule has 160 valence electrons. The molecule has 7 nitrogen and oxygen atoms in total. The molecule has 0 aliphatic carbocycles. The van der Waals surface area contributed by atoms with Crippen LogP contribution >= 0.6 is 0 Å². The molecule has 1 aromatic heterocycles. The molecule has 2 saturated heterocycles. The Labute approximate surface area is 176 Å². The number of hydrogen-bond acceptors (Lipinski definition) is 6. The third-order valence-electron chi connectivity index (χ3n) is 5.00. The molecule has 2 aliphatic rings. The Hall–Kier alpha value is -2.64. The van der Waals surface area contributed by atoms with Gasteiger partial charge in [0.25, 0.3) is 0 Å². The van der Waals surface area contributed by atoms with Crippen LogP contribution in [0.3, 0.4) is 0 Å². The van der Waals surface area contributed by atoms with Gasteiger partial charge in [-0.3, -0.25) is 0 Å². The number of rotatable bonds is 5. The Morgan fingerprint density at radius 3 is 2.63 bits per heavy atom. The summed E-state index contributed by atoms with van der Waals surface area (Å²) in [5, 5.41) is 0. The SMILES string of the molecule is CC(C)(C)OC(=O)N1CC[C@@H]1COc1cccc(-c2cccc(C3OCCO3)c2)n1. The number of amides is 1. The summed E-state index contributed by atoms with van der Waals surface area (Å²) in [6, 6.07) is 13.7. The van der Waals surface area contributed by atoms with E-state index in [0.717, 1.165) is 23.2 Å². The summed E-state index contributed by atoms with van der Waals surface area (Å²) in [5.41, 5.74) is 2.25. The van der Waals surface area contributed by atoms with Crippen molar-refractivity contribution < 1.29 is 23.7 Å². The van der Waals surface area contributed by atoms with Crippen molar-refractivity contribution in [2.45, 2.75) is 45.1 Å². The first kappa shape index (κ1) is 20.6. The molecular formula is C23H28N2O5. The molecule has 0 bridgehead atoms. The summed E-state index contributed by atoms with van der Waals surface area (Å²) in [7, 11) is 0. The van der Waals surface area contributed by atoms with Crippen LogP contribution in [-0.4, -0.2) is 54.0 Å². The maximum atomic E-state index is 12.3. The molecule has 1 amide bonds. The fourth-order valence-corrected chi connectivity index (χ4v) is 3.41. The summed E-state index contributed by atoms with van der Waals surface area (Å²) < 4.78 is 22.5. The minimum atomic E-state index is -0.503. The first-order chi connectivity index (χ1) is 14.4. The molecule has 0 spiro atoms. The van der Waals surface area contributed by atoms with Gasteiger partial charge in [-0.1, -0.05) is 24.3 Å². The summed E-state index contributed by atoms with van der Waals surface area (Å²) in [6.45, 7) is 7.90. The number of ether oxygens (including phenoxy) is 4. The zero-order valence-electron chi connectivity index (χ0n) is 17.7. The van der Waals surface area contributed by atoms with E-state index in [-0.39, 0.29) is 18.4 Å². The second-order valence-electron chi connectivity index (χ2n) is 8.49. The van der Waals surface area contributed by atoms with Crippen LogP contribution in [0.2, 0.25) is 0 Å². The van der Waals surface area contributed by atoms with Crippen molar-refractivity contribution >= 4 is 6.09 Å². The standard InChI is InChI=1S/C23H28N2O5/c1-23(2,3)30-22(26)25-11-10-18(25)15-29-20-9-5-8-19(24-20)16-6-4-7-17(14-16)21-27-12-13-28-21/h4-9,14,18,21H,10-13,15H2,1-3H3/t18-/m1/s1. The number of carbonyl (C=O) groups excluding carboxylic acids is 1. The monoisotopic (exact) mass is 412 g/mol. The third-order valence-corrected chi connectivity index (χ3v) is 5.00. The number of carbonyl (C=O) groups is 1. The molecule has 4 rings (SSSR count). The lowest BCUT2D eigenvalue weighted by Gasteiger charge is -2.40. The van der Waals surface area contributed by atoms with Gasteiger partial charge in [0.2, 0.25) is 5.88 Å². The maximum absolute atomic E-state index is 12.3. The first-order valence-electron chi connectivity index (χ1n) is 10.3. The fraction of sp³-hybridized carbons (Fsp3) is 0.478. The molecule has 2 aromatic rings. The van der Waals surface area contributed by atoms with E-state index in [1.165, 1.54) is 0 Å². The lowest BCUT2D eigenvalue weighted by atomic mass is 10.1. The van der Waals surface area contributed by atoms with Gasteiger partial charge in [0.1, 0.15) is 12.2 Å². The van der Waals surface area contributed by atoms with Gasteiger partial charge >= 0.3 is 6.09 Å². The molecule has 1 atom stereocenters. The van der Waals surface area contributed by atoms with Crippen LogP contribution in [0.4, 0.5) is 4.79 Å². The summed E-state index contributed by atoms with van der Waals surface area (Å²) >= 11 is 0. The second-order valence-corrected chi connectivity index (χ2v) is 8.49. The van der Waals surface area contributed by atoms with Gasteiger partial charge in [0.05, 0.1) is 24.9 Å². The van der Waals surface area contributed by atoms with Gasteiger partial charge < -0.3 is 23.8 Å². The Bertz CT molecular complexity index is 889. The van der Waals surface area contributed by atoms with Gasteiger partial charge in [-0.25, -0.2) is 9.78 Å². The van der Waals surface area contributed by atoms with Gasteiger partial charge in [-0.2, -0.15) is 0 Å². The molecule has 0 N–H and O–H groups in total. The molecule has 30 heavy (non-hydrogen) atoms. The Kier molecular flexibility index (Phi) is 5.92. The van der Waals surface area contributed by atoms with E-state index < -0.39 is 5.60 Å². The van der Waals surface area contributed by atoms with Crippen molar-refractivity contribution in [2.24, 2.45) is 0 Å². The van der Waals surface area contributed by atoms with E-state index in [2.05, 4.69) is 4.98 Å². The van der Waals surface area contributed by atoms with Gasteiger partial charge in [0, 0.05) is 23.7 Å². The molecule has 0 radical (unpaired) electrons. The average molecular weight is 412 g/mol. The lowest BCUT2D eigenvalue weighted by Crippen LogP contribution is -2.55. The molecule has 1 aromatic carbocycles. The van der Waals surface area contributed by atoms with Crippen molar-refractivity contribution in [1.82, 2.24) is 9.88 Å². The normalized spacial score (nSPS) is 19.4. The van der Waals surface area contributed by atoms with Crippen molar-refractivity contribution in [3.8, 4) is 17.1 Å². The molecule has 3 heterocycles. The Morgan fingerprint density at radius 2 is 1.93 bits per heavy atom. The van der Waals surface area contributed by atoms with E-state index in [1.54, 1.807) is 4.90 Å². The smallest absolute Gasteiger partial charge is 0.410 e. The van der Waals surface area contributed by atoms with Crippen LogP contribution in [-0.2, 0) is 14.2 Å². The fourth-order valence-electron chi connectivity index (χ4n) is 3.41. The maximum Gasteiger partial charge on any atom is 0.410 e. The van der Waals surface area contributed by atoms with Crippen LogP contribution in [0, 0.1) is 0 Å². The second kappa shape index (κ2) is 8.62. The predicted molar refractivity (Wildman–Crippen MR) is 111 cm³/mol. The van der Waals surface area contributed by atoms with Crippen LogP contribution in [0.1, 0.15) is 39.0 Å². The lowest BCUT2D eigenvalue weighted by molar-refractivity contribution is -0.0440. The van der Waals surface area contributed by atoms with Crippen molar-refractivity contribution in [1.29, 1.82) is 0 Å². The van der Waals surface area contributed by atoms with Crippen molar-refractivity contribution in [3.63, 3.8) is 0 Å². The zero-order chi connectivity index (χ0) is 21.1. The number of aromatic nitrogens is 1. The number of likely N-dealkylation sites (tertiary alicyclic amines) is 1. The summed E-state index contributed by atoms with van der Waals surface area (Å²) in [6.07, 6.45) is 0.279. The molecular weight excluding hydrogens is 384 g/mol. The zero-order valence-corrected chi connectivity index (χ0v) is 17.7. The highest BCUT2D eigenvalue weighted by molar-refractivity contribution is 5.69. The van der Waals surface area contributed by atoms with Crippen molar-refractivity contribution in [2.75, 3.05) is 26.4 Å². The van der Waals surface area contributed by atoms with Gasteiger partial charge in [-0.15, -0.1) is 0 Å². The minimum Gasteiger partial charge on any atom is -0.475 e. The van der Waals surface area contributed by atoms with E-state index in [9.17, 15) is 4.79 Å². The van der Waals surface area contributed by atoms with Crippen molar-refractivity contribution in [3.05, 3.63) is 48.0 Å². The number of nitrogens with zero attached hydrogens (tertiary/aromatic N) is 2. The average Bonchev–Trinajstić information content (AvgIpc) is 3.21. The Morgan fingerprint density at radius 1 is 1.17 bits per heavy atom. The number of hydrogen-bond donors (Lipinski definition) is 0. The predicted octanol–water partition coefficient (Wildman–Crippen LogP) is 4.18. The van der Waals surface area contributed by atoms with E-state index in [4.69, 9.17) is 18.9 Å². The van der Waals surface area contributed by atoms with Crippen LogP contribution in [0.15, 0.2) is 42.5 Å². The van der Waals surface area contributed by atoms with E-state index in [0.29, 0.717) is 32.2 Å². The van der Waals surface area contributed by atoms with Gasteiger partial charge in [-0.05, 0) is 39.3 Å².